The number of aryl methyl sites for hydroxylation is 2. The van der Waals surface area contributed by atoms with Crippen molar-refractivity contribution in [2.24, 2.45) is 0 Å². The third-order valence-electron chi connectivity index (χ3n) is 6.71. The number of aromatic nitrogens is 4. The predicted molar refractivity (Wildman–Crippen MR) is 158 cm³/mol. The van der Waals surface area contributed by atoms with Gasteiger partial charge in [-0.05, 0) is 57.5 Å². The van der Waals surface area contributed by atoms with E-state index in [0.717, 1.165) is 80.3 Å². The largest absolute Gasteiger partial charge is 0.351 e. The second kappa shape index (κ2) is 13.7. The van der Waals surface area contributed by atoms with Crippen molar-refractivity contribution in [1.29, 1.82) is 0 Å². The van der Waals surface area contributed by atoms with E-state index in [1.165, 1.54) is 0 Å². The highest BCUT2D eigenvalue weighted by Crippen LogP contribution is 2.20. The van der Waals surface area contributed by atoms with Crippen LogP contribution in [0.5, 0.6) is 0 Å². The van der Waals surface area contributed by atoms with E-state index in [1.807, 2.05) is 56.3 Å². The Morgan fingerprint density at radius 2 is 1.62 bits per heavy atom. The molecular formula is C29H35Cl2N7O. The summed E-state index contributed by atoms with van der Waals surface area (Å²) in [5.74, 6) is 1.02. The molecule has 1 amide bonds. The van der Waals surface area contributed by atoms with Gasteiger partial charge in [-0.25, -0.2) is 14.5 Å². The molecule has 1 fully saturated rings. The molecule has 0 N–H and O–H groups in total. The fraction of sp³-hybridized carbons (Fsp3) is 0.379. The average molecular weight is 569 g/mol. The lowest BCUT2D eigenvalue weighted by atomic mass is 10.1. The fourth-order valence-corrected chi connectivity index (χ4v) is 4.97. The van der Waals surface area contributed by atoms with Crippen LogP contribution in [-0.2, 0) is 0 Å². The third-order valence-corrected chi connectivity index (χ3v) is 7.46. The maximum absolute atomic E-state index is 12.7. The highest BCUT2D eigenvalue weighted by molar-refractivity contribution is 6.41. The van der Waals surface area contributed by atoms with E-state index in [2.05, 4.69) is 30.9 Å². The molecule has 0 saturated carbocycles. The number of hydrogen-bond acceptors (Lipinski definition) is 6. The lowest BCUT2D eigenvalue weighted by Crippen LogP contribution is -2.47. The Bertz CT molecular complexity index is 1340. The summed E-state index contributed by atoms with van der Waals surface area (Å²) in [6, 6.07) is 13.2. The van der Waals surface area contributed by atoms with Gasteiger partial charge in [0.1, 0.15) is 6.33 Å². The minimum absolute atomic E-state index is 0.107. The number of unbranched alkanes of at least 4 members (excludes halogenated alkanes) is 1. The van der Waals surface area contributed by atoms with Crippen molar-refractivity contribution in [3.05, 3.63) is 87.9 Å². The summed E-state index contributed by atoms with van der Waals surface area (Å²) in [4.78, 5) is 28.2. The molecule has 4 aromatic rings. The lowest BCUT2D eigenvalue weighted by molar-refractivity contribution is 0.0791. The number of halogens is 2. The number of benzene rings is 2. The lowest BCUT2D eigenvalue weighted by Gasteiger charge is -2.35. The number of anilines is 1. The fourth-order valence-electron chi connectivity index (χ4n) is 4.69. The molecule has 3 heterocycles. The van der Waals surface area contributed by atoms with Gasteiger partial charge in [0.15, 0.2) is 11.5 Å². The highest BCUT2D eigenvalue weighted by atomic mass is 35.5. The van der Waals surface area contributed by atoms with Crippen LogP contribution < -0.4 is 4.90 Å². The van der Waals surface area contributed by atoms with Crippen LogP contribution in [0.2, 0.25) is 10.0 Å². The van der Waals surface area contributed by atoms with Gasteiger partial charge in [0.05, 0.1) is 10.0 Å². The summed E-state index contributed by atoms with van der Waals surface area (Å²) in [6.45, 7) is 9.79. The van der Waals surface area contributed by atoms with Crippen molar-refractivity contribution in [3.63, 3.8) is 0 Å². The van der Waals surface area contributed by atoms with Crippen molar-refractivity contribution in [3.8, 4) is 0 Å². The van der Waals surface area contributed by atoms with Crippen LogP contribution in [0.4, 0.5) is 5.82 Å². The molecule has 2 aromatic heterocycles. The standard InChI is InChI=1S/C23H31N7O.C6H4Cl2/c1-18-14-19(2)16-20(15-18)23(31)27(3)7-4-5-8-28-10-12-29(13-11-28)21-22-25-17-26-30(22)9-6-24-21;7-5-3-1-2-4-6(5)8/h6,9,14-17H,4-5,7-8,10-13H2,1-3H3;1-4H. The molecule has 0 bridgehead atoms. The molecule has 1 aliphatic rings. The van der Waals surface area contributed by atoms with Crippen LogP contribution in [0, 0.1) is 13.8 Å². The highest BCUT2D eigenvalue weighted by Gasteiger charge is 2.20. The van der Waals surface area contributed by atoms with Gasteiger partial charge in [0.25, 0.3) is 5.91 Å². The smallest absolute Gasteiger partial charge is 0.253 e. The van der Waals surface area contributed by atoms with Crippen LogP contribution in [0.3, 0.4) is 0 Å². The second-order valence-corrected chi connectivity index (χ2v) is 10.6. The molecule has 8 nitrogen and oxygen atoms in total. The quantitative estimate of drug-likeness (QED) is 0.278. The van der Waals surface area contributed by atoms with Crippen molar-refractivity contribution >= 4 is 40.6 Å². The van der Waals surface area contributed by atoms with E-state index in [0.29, 0.717) is 10.0 Å². The summed E-state index contributed by atoms with van der Waals surface area (Å²) in [7, 11) is 1.90. The Labute approximate surface area is 240 Å². The van der Waals surface area contributed by atoms with E-state index in [-0.39, 0.29) is 5.91 Å². The first-order chi connectivity index (χ1) is 18.8. The summed E-state index contributed by atoms with van der Waals surface area (Å²) >= 11 is 11.2. The normalized spacial score (nSPS) is 13.7. The molecule has 1 aliphatic heterocycles. The van der Waals surface area contributed by atoms with Gasteiger partial charge < -0.3 is 9.80 Å². The average Bonchev–Trinajstić information content (AvgIpc) is 3.42. The molecule has 5 rings (SSSR count). The van der Waals surface area contributed by atoms with Gasteiger partial charge in [-0.2, -0.15) is 5.10 Å². The molecule has 0 atom stereocenters. The monoisotopic (exact) mass is 567 g/mol. The molecule has 1 saturated heterocycles. The van der Waals surface area contributed by atoms with Gasteiger partial charge in [-0.3, -0.25) is 9.69 Å². The van der Waals surface area contributed by atoms with Gasteiger partial charge in [0.2, 0.25) is 0 Å². The van der Waals surface area contributed by atoms with E-state index >= 15 is 0 Å². The Hall–Kier alpha value is -3.20. The van der Waals surface area contributed by atoms with Gasteiger partial charge in [-0.1, -0.05) is 52.5 Å². The van der Waals surface area contributed by atoms with Crippen LogP contribution >= 0.6 is 23.2 Å². The molecule has 0 spiro atoms. The van der Waals surface area contributed by atoms with Crippen LogP contribution in [0.1, 0.15) is 34.3 Å². The van der Waals surface area contributed by atoms with E-state index in [9.17, 15) is 4.79 Å². The Morgan fingerprint density at radius 3 is 2.26 bits per heavy atom. The second-order valence-electron chi connectivity index (χ2n) is 9.83. The molecule has 0 radical (unpaired) electrons. The first kappa shape index (κ1) is 28.8. The Kier molecular flexibility index (Phi) is 10.1. The molecule has 0 unspecified atom stereocenters. The number of piperazine rings is 1. The summed E-state index contributed by atoms with van der Waals surface area (Å²) in [5, 5.41) is 5.41. The zero-order chi connectivity index (χ0) is 27.8. The zero-order valence-electron chi connectivity index (χ0n) is 22.7. The van der Waals surface area contributed by atoms with Crippen molar-refractivity contribution in [2.75, 3.05) is 51.2 Å². The topological polar surface area (TPSA) is 69.9 Å². The van der Waals surface area contributed by atoms with Crippen molar-refractivity contribution in [2.45, 2.75) is 26.7 Å². The number of nitrogens with zero attached hydrogens (tertiary/aromatic N) is 7. The number of carbonyl (C=O) groups is 1. The SMILES string of the molecule is Cc1cc(C)cc(C(=O)N(C)CCCCN2CCN(c3nccn4ncnc34)CC2)c1.Clc1ccccc1Cl. The van der Waals surface area contributed by atoms with Gasteiger partial charge in [0, 0.05) is 57.7 Å². The van der Waals surface area contributed by atoms with Crippen molar-refractivity contribution < 1.29 is 4.79 Å². The van der Waals surface area contributed by atoms with E-state index in [4.69, 9.17) is 23.2 Å². The predicted octanol–water partition coefficient (Wildman–Crippen LogP) is 5.41. The molecule has 10 heteroatoms. The number of fused-ring (bicyclic) bond motifs is 1. The summed E-state index contributed by atoms with van der Waals surface area (Å²) < 4.78 is 1.77. The number of carbonyl (C=O) groups excluding carboxylic acids is 1. The molecular weight excluding hydrogens is 533 g/mol. The van der Waals surface area contributed by atoms with E-state index < -0.39 is 0 Å². The summed E-state index contributed by atoms with van der Waals surface area (Å²) in [5.41, 5.74) is 3.86. The van der Waals surface area contributed by atoms with E-state index in [1.54, 1.807) is 29.2 Å². The number of amides is 1. The van der Waals surface area contributed by atoms with Crippen LogP contribution in [-0.4, -0.2) is 81.6 Å². The third kappa shape index (κ3) is 7.91. The first-order valence-corrected chi connectivity index (χ1v) is 13.9. The maximum Gasteiger partial charge on any atom is 0.253 e. The minimum atomic E-state index is 0.107. The molecule has 206 valence electrons. The molecule has 2 aromatic carbocycles. The molecule has 39 heavy (non-hydrogen) atoms. The van der Waals surface area contributed by atoms with Gasteiger partial charge in [-0.15, -0.1) is 0 Å². The maximum atomic E-state index is 12.7. The van der Waals surface area contributed by atoms with Crippen molar-refractivity contribution in [1.82, 2.24) is 29.4 Å². The van der Waals surface area contributed by atoms with Gasteiger partial charge >= 0.3 is 0 Å². The Morgan fingerprint density at radius 1 is 0.949 bits per heavy atom. The van der Waals surface area contributed by atoms with Crippen LogP contribution in [0.15, 0.2) is 61.2 Å². The number of hydrogen-bond donors (Lipinski definition) is 0. The first-order valence-electron chi connectivity index (χ1n) is 13.2. The zero-order valence-corrected chi connectivity index (χ0v) is 24.2. The number of rotatable bonds is 7. The van der Waals surface area contributed by atoms with Crippen LogP contribution in [0.25, 0.3) is 5.65 Å². The Balaban J connectivity index is 0.000000379. The molecule has 0 aliphatic carbocycles. The summed E-state index contributed by atoms with van der Waals surface area (Å²) in [6.07, 6.45) is 7.26. The minimum Gasteiger partial charge on any atom is -0.351 e.